The molecule has 0 saturated carbocycles. The predicted molar refractivity (Wildman–Crippen MR) is 114 cm³/mol. The Kier molecular flexibility index (Phi) is 5.31. The van der Waals surface area contributed by atoms with E-state index in [2.05, 4.69) is 15.4 Å². The van der Waals surface area contributed by atoms with Crippen LogP contribution in [0.2, 0.25) is 0 Å². The van der Waals surface area contributed by atoms with Crippen LogP contribution in [0, 0.1) is 6.92 Å². The van der Waals surface area contributed by atoms with E-state index in [1.54, 1.807) is 37.3 Å². The first kappa shape index (κ1) is 20.0. The van der Waals surface area contributed by atoms with Crippen LogP contribution in [0.1, 0.15) is 16.2 Å². The lowest BCUT2D eigenvalue weighted by Gasteiger charge is -2.09. The maximum Gasteiger partial charge on any atom is 0.352 e. The SMILES string of the molecule is COC(=O)c1ccccc1NC(=O)Cn1nc2cc(-c3ccccc3)nc(C)n2c1=O. The van der Waals surface area contributed by atoms with Gasteiger partial charge in [-0.2, -0.15) is 0 Å². The quantitative estimate of drug-likeness (QED) is 0.499. The number of benzene rings is 2. The molecule has 0 saturated heterocycles. The summed E-state index contributed by atoms with van der Waals surface area (Å²) in [5, 5.41) is 6.92. The standard InChI is InChI=1S/C22H19N5O4/c1-14-23-18(15-8-4-3-5-9-15)12-19-25-26(22(30)27(14)19)13-20(28)24-17-11-7-6-10-16(17)21(29)31-2/h3-12H,13H2,1-2H3,(H,24,28). The molecule has 31 heavy (non-hydrogen) atoms. The lowest BCUT2D eigenvalue weighted by Crippen LogP contribution is -2.29. The van der Waals surface area contributed by atoms with E-state index in [1.807, 2.05) is 30.3 Å². The molecule has 9 nitrogen and oxygen atoms in total. The zero-order valence-corrected chi connectivity index (χ0v) is 16.9. The van der Waals surface area contributed by atoms with Crippen LogP contribution < -0.4 is 11.0 Å². The Hall–Kier alpha value is -4.27. The summed E-state index contributed by atoms with van der Waals surface area (Å²) < 4.78 is 7.14. The molecule has 0 bridgehead atoms. The fourth-order valence-corrected chi connectivity index (χ4v) is 3.27. The van der Waals surface area contributed by atoms with E-state index in [-0.39, 0.29) is 12.1 Å². The highest BCUT2D eigenvalue weighted by Gasteiger charge is 2.17. The average Bonchev–Trinajstić information content (AvgIpc) is 3.09. The Morgan fingerprint density at radius 3 is 2.52 bits per heavy atom. The van der Waals surface area contributed by atoms with Crippen molar-refractivity contribution in [3.8, 4) is 11.3 Å². The molecule has 0 aliphatic heterocycles. The average molecular weight is 417 g/mol. The van der Waals surface area contributed by atoms with E-state index < -0.39 is 17.6 Å². The van der Waals surface area contributed by atoms with Crippen molar-refractivity contribution in [3.05, 3.63) is 82.5 Å². The van der Waals surface area contributed by atoms with E-state index in [9.17, 15) is 14.4 Å². The topological polar surface area (TPSA) is 108 Å². The Morgan fingerprint density at radius 2 is 1.77 bits per heavy atom. The summed E-state index contributed by atoms with van der Waals surface area (Å²) in [7, 11) is 1.26. The number of aromatic nitrogens is 4. The van der Waals surface area contributed by atoms with Gasteiger partial charge in [-0.25, -0.2) is 23.7 Å². The monoisotopic (exact) mass is 417 g/mol. The van der Waals surface area contributed by atoms with Crippen molar-refractivity contribution in [2.75, 3.05) is 12.4 Å². The minimum absolute atomic E-state index is 0.216. The van der Waals surface area contributed by atoms with Crippen molar-refractivity contribution in [2.24, 2.45) is 0 Å². The highest BCUT2D eigenvalue weighted by Crippen LogP contribution is 2.18. The number of hydrogen-bond acceptors (Lipinski definition) is 6. The second-order valence-corrected chi connectivity index (χ2v) is 6.77. The van der Waals surface area contributed by atoms with Crippen molar-refractivity contribution in [1.29, 1.82) is 0 Å². The van der Waals surface area contributed by atoms with Crippen LogP contribution in [-0.2, 0) is 16.1 Å². The lowest BCUT2D eigenvalue weighted by atomic mass is 10.1. The number of methoxy groups -OCH3 is 1. The van der Waals surface area contributed by atoms with Crippen LogP contribution in [0.25, 0.3) is 16.9 Å². The second-order valence-electron chi connectivity index (χ2n) is 6.77. The van der Waals surface area contributed by atoms with E-state index in [0.717, 1.165) is 10.2 Å². The van der Waals surface area contributed by atoms with Crippen molar-refractivity contribution in [1.82, 2.24) is 19.2 Å². The third kappa shape index (κ3) is 3.93. The lowest BCUT2D eigenvalue weighted by molar-refractivity contribution is -0.117. The normalized spacial score (nSPS) is 10.8. The van der Waals surface area contributed by atoms with Gasteiger partial charge in [0.15, 0.2) is 5.65 Å². The molecule has 2 heterocycles. The van der Waals surface area contributed by atoms with Crippen LogP contribution in [0.5, 0.6) is 0 Å². The molecule has 0 aliphatic rings. The van der Waals surface area contributed by atoms with Gasteiger partial charge in [0.1, 0.15) is 12.4 Å². The maximum atomic E-state index is 12.8. The van der Waals surface area contributed by atoms with Gasteiger partial charge < -0.3 is 10.1 Å². The summed E-state index contributed by atoms with van der Waals surface area (Å²) in [6.07, 6.45) is 0. The summed E-state index contributed by atoms with van der Waals surface area (Å²) in [4.78, 5) is 41.7. The van der Waals surface area contributed by atoms with Crippen LogP contribution >= 0.6 is 0 Å². The number of fused-ring (bicyclic) bond motifs is 1. The third-order valence-corrected chi connectivity index (χ3v) is 4.71. The van der Waals surface area contributed by atoms with E-state index in [0.29, 0.717) is 22.9 Å². The number of carbonyl (C=O) groups is 2. The van der Waals surface area contributed by atoms with Gasteiger partial charge in [0, 0.05) is 11.6 Å². The van der Waals surface area contributed by atoms with Gasteiger partial charge in [-0.1, -0.05) is 42.5 Å². The molecule has 2 aromatic carbocycles. The molecule has 1 amide bonds. The Balaban J connectivity index is 1.63. The van der Waals surface area contributed by atoms with Crippen LogP contribution in [0.3, 0.4) is 0 Å². The van der Waals surface area contributed by atoms with Crippen molar-refractivity contribution in [2.45, 2.75) is 13.5 Å². The Bertz CT molecular complexity index is 1340. The fraction of sp³-hybridized carbons (Fsp3) is 0.136. The first-order valence-electron chi connectivity index (χ1n) is 9.48. The first-order valence-corrected chi connectivity index (χ1v) is 9.48. The molecule has 0 radical (unpaired) electrons. The van der Waals surface area contributed by atoms with Gasteiger partial charge in [-0.15, -0.1) is 5.10 Å². The van der Waals surface area contributed by atoms with Gasteiger partial charge in [0.2, 0.25) is 5.91 Å². The van der Waals surface area contributed by atoms with Gasteiger partial charge in [-0.3, -0.25) is 4.79 Å². The molecular formula is C22H19N5O4. The molecule has 0 spiro atoms. The zero-order chi connectivity index (χ0) is 22.0. The summed E-state index contributed by atoms with van der Waals surface area (Å²) >= 11 is 0. The van der Waals surface area contributed by atoms with Crippen molar-refractivity contribution < 1.29 is 14.3 Å². The number of ether oxygens (including phenoxy) is 1. The molecule has 0 aliphatic carbocycles. The number of amides is 1. The van der Waals surface area contributed by atoms with E-state index >= 15 is 0 Å². The highest BCUT2D eigenvalue weighted by atomic mass is 16.5. The summed E-state index contributed by atoms with van der Waals surface area (Å²) in [6, 6.07) is 17.7. The minimum Gasteiger partial charge on any atom is -0.465 e. The predicted octanol–water partition coefficient (Wildman–Crippen LogP) is 2.29. The van der Waals surface area contributed by atoms with Crippen molar-refractivity contribution in [3.63, 3.8) is 0 Å². The Labute approximate surface area is 176 Å². The molecular weight excluding hydrogens is 398 g/mol. The Morgan fingerprint density at radius 1 is 1.06 bits per heavy atom. The molecule has 0 atom stereocenters. The number of rotatable bonds is 5. The minimum atomic E-state index is -0.573. The molecule has 0 fully saturated rings. The summed E-state index contributed by atoms with van der Waals surface area (Å²) in [5.41, 5.74) is 2.00. The highest BCUT2D eigenvalue weighted by molar-refractivity contribution is 6.01. The number of nitrogens with zero attached hydrogens (tertiary/aromatic N) is 4. The number of esters is 1. The number of carbonyl (C=O) groups excluding carboxylic acids is 2. The molecule has 4 aromatic rings. The van der Waals surface area contributed by atoms with Crippen LogP contribution in [0.15, 0.2) is 65.5 Å². The number of anilines is 1. The zero-order valence-electron chi connectivity index (χ0n) is 16.9. The number of para-hydroxylation sites is 1. The first-order chi connectivity index (χ1) is 15.0. The molecule has 0 unspecified atom stereocenters. The molecule has 1 N–H and O–H groups in total. The maximum absolute atomic E-state index is 12.8. The van der Waals surface area contributed by atoms with Gasteiger partial charge in [0.25, 0.3) is 0 Å². The molecule has 156 valence electrons. The molecule has 9 heteroatoms. The fourth-order valence-electron chi connectivity index (χ4n) is 3.27. The van der Waals surface area contributed by atoms with Crippen LogP contribution in [0.4, 0.5) is 5.69 Å². The number of nitrogens with one attached hydrogen (secondary N) is 1. The van der Waals surface area contributed by atoms with Gasteiger partial charge in [-0.05, 0) is 19.1 Å². The largest absolute Gasteiger partial charge is 0.465 e. The van der Waals surface area contributed by atoms with E-state index in [1.165, 1.54) is 11.5 Å². The third-order valence-electron chi connectivity index (χ3n) is 4.71. The van der Waals surface area contributed by atoms with Crippen molar-refractivity contribution >= 4 is 23.2 Å². The van der Waals surface area contributed by atoms with Crippen LogP contribution in [-0.4, -0.2) is 38.2 Å². The molecule has 4 rings (SSSR count). The second kappa shape index (κ2) is 8.23. The number of hydrogen-bond donors (Lipinski definition) is 1. The smallest absolute Gasteiger partial charge is 0.352 e. The van der Waals surface area contributed by atoms with Gasteiger partial charge in [0.05, 0.1) is 24.1 Å². The molecule has 2 aromatic heterocycles. The summed E-state index contributed by atoms with van der Waals surface area (Å²) in [6.45, 7) is 1.38. The number of aryl methyl sites for hydroxylation is 1. The van der Waals surface area contributed by atoms with Gasteiger partial charge >= 0.3 is 11.7 Å². The van der Waals surface area contributed by atoms with E-state index in [4.69, 9.17) is 4.74 Å². The summed E-state index contributed by atoms with van der Waals surface area (Å²) in [5.74, 6) is -0.615.